The van der Waals surface area contributed by atoms with Gasteiger partial charge in [-0.05, 0) is 6.07 Å². The van der Waals surface area contributed by atoms with Crippen LogP contribution in [0, 0.1) is 10.1 Å². The highest BCUT2D eigenvalue weighted by atomic mass is 19.3. The number of aromatic nitrogens is 4. The summed E-state index contributed by atoms with van der Waals surface area (Å²) in [7, 11) is 0. The molecule has 3 aromatic rings. The first-order valence-electron chi connectivity index (χ1n) is 5.74. The minimum absolute atomic E-state index is 0.0107. The van der Waals surface area contributed by atoms with E-state index in [-0.39, 0.29) is 28.2 Å². The van der Waals surface area contributed by atoms with Gasteiger partial charge in [0.2, 0.25) is 0 Å². The fraction of sp³-hybridized carbons (Fsp3) is 0.0909. The van der Waals surface area contributed by atoms with Gasteiger partial charge in [0.25, 0.3) is 12.1 Å². The third kappa shape index (κ3) is 1.96. The molecule has 0 fully saturated rings. The molecule has 0 aliphatic rings. The number of nitro groups is 1. The number of hydrogen-bond donors (Lipinski definition) is 2. The summed E-state index contributed by atoms with van der Waals surface area (Å²) in [6, 6.07) is 5.43. The third-order valence-electron chi connectivity index (χ3n) is 2.93. The summed E-state index contributed by atoms with van der Waals surface area (Å²) in [6.45, 7) is 0. The molecule has 0 saturated heterocycles. The number of alkyl halides is 2. The van der Waals surface area contributed by atoms with Crippen molar-refractivity contribution < 1.29 is 13.7 Å². The molecule has 8 nitrogen and oxygen atoms in total. The zero-order valence-electron chi connectivity index (χ0n) is 10.3. The van der Waals surface area contributed by atoms with Crippen LogP contribution in [0.25, 0.3) is 16.7 Å². The molecule has 0 radical (unpaired) electrons. The van der Waals surface area contributed by atoms with Gasteiger partial charge in [-0.1, -0.05) is 6.07 Å². The Morgan fingerprint density at radius 2 is 2.19 bits per heavy atom. The highest BCUT2D eigenvalue weighted by molar-refractivity contribution is 5.90. The number of rotatable bonds is 3. The number of fused-ring (bicyclic) bond motifs is 1. The number of hydrogen-bond acceptors (Lipinski definition) is 5. The molecule has 0 amide bonds. The Kier molecular flexibility index (Phi) is 2.78. The van der Waals surface area contributed by atoms with Crippen molar-refractivity contribution in [3.05, 3.63) is 40.1 Å². The molecule has 0 aliphatic carbocycles. The summed E-state index contributed by atoms with van der Waals surface area (Å²) >= 11 is 0. The van der Waals surface area contributed by atoms with Gasteiger partial charge in [0, 0.05) is 12.1 Å². The Balaban J connectivity index is 2.26. The number of nitrogens with one attached hydrogen (secondary N) is 1. The Labute approximate surface area is 115 Å². The van der Waals surface area contributed by atoms with Crippen LogP contribution in [0.4, 0.5) is 20.3 Å². The molecule has 108 valence electrons. The van der Waals surface area contributed by atoms with Crippen molar-refractivity contribution in [2.24, 2.45) is 0 Å². The van der Waals surface area contributed by atoms with E-state index >= 15 is 0 Å². The molecule has 0 bridgehead atoms. The maximum Gasteiger partial charge on any atom is 0.282 e. The van der Waals surface area contributed by atoms with Gasteiger partial charge in [-0.2, -0.15) is 10.2 Å². The summed E-state index contributed by atoms with van der Waals surface area (Å²) in [6.07, 6.45) is -2.84. The summed E-state index contributed by atoms with van der Waals surface area (Å²) < 4.78 is 27.1. The zero-order valence-corrected chi connectivity index (χ0v) is 10.3. The van der Waals surface area contributed by atoms with E-state index in [9.17, 15) is 18.9 Å². The fourth-order valence-corrected chi connectivity index (χ4v) is 2.03. The van der Waals surface area contributed by atoms with Crippen LogP contribution in [0.5, 0.6) is 0 Å². The summed E-state index contributed by atoms with van der Waals surface area (Å²) in [5, 5.41) is 20.8. The van der Waals surface area contributed by atoms with Gasteiger partial charge < -0.3 is 5.73 Å². The highest BCUT2D eigenvalue weighted by Gasteiger charge is 2.24. The standard InChI is InChI=1S/C11H8F2N6O2/c12-9(13)8-7-10(14)15-16-11(7)18(17-8)5-2-1-3-6(4-5)19(20)21/h1-4,9H,(H3,14,15,16). The molecule has 1 aromatic carbocycles. The van der Waals surface area contributed by atoms with Crippen LogP contribution in [-0.4, -0.2) is 24.9 Å². The normalized spacial score (nSPS) is 11.4. The minimum Gasteiger partial charge on any atom is -0.383 e. The molecule has 0 unspecified atom stereocenters. The SMILES string of the molecule is Nc1[nH]nc2c1c(C(F)F)nn2-c1cccc([N+](=O)[O-])c1. The summed E-state index contributed by atoms with van der Waals surface area (Å²) in [4.78, 5) is 10.2. The lowest BCUT2D eigenvalue weighted by molar-refractivity contribution is -0.384. The molecule has 2 heterocycles. The van der Waals surface area contributed by atoms with Crippen molar-refractivity contribution in [2.45, 2.75) is 6.43 Å². The lowest BCUT2D eigenvalue weighted by Crippen LogP contribution is -2.00. The molecule has 10 heteroatoms. The van der Waals surface area contributed by atoms with E-state index in [0.29, 0.717) is 0 Å². The first-order valence-corrected chi connectivity index (χ1v) is 5.74. The van der Waals surface area contributed by atoms with Crippen LogP contribution in [-0.2, 0) is 0 Å². The van der Waals surface area contributed by atoms with Gasteiger partial charge in [0.15, 0.2) is 5.65 Å². The molecule has 0 spiro atoms. The predicted octanol–water partition coefficient (Wildman–Crippen LogP) is 2.18. The largest absolute Gasteiger partial charge is 0.383 e. The lowest BCUT2D eigenvalue weighted by atomic mass is 10.3. The van der Waals surface area contributed by atoms with Gasteiger partial charge >= 0.3 is 0 Å². The number of non-ortho nitro benzene ring substituents is 1. The first kappa shape index (κ1) is 13.0. The second kappa shape index (κ2) is 4.51. The van der Waals surface area contributed by atoms with Crippen LogP contribution in [0.3, 0.4) is 0 Å². The van der Waals surface area contributed by atoms with E-state index in [1.54, 1.807) is 0 Å². The first-order chi connectivity index (χ1) is 9.99. The molecule has 3 rings (SSSR count). The topological polar surface area (TPSA) is 116 Å². The minimum atomic E-state index is -2.84. The quantitative estimate of drug-likeness (QED) is 0.567. The number of aromatic amines is 1. The second-order valence-electron chi connectivity index (χ2n) is 4.21. The van der Waals surface area contributed by atoms with Gasteiger partial charge in [-0.25, -0.2) is 13.5 Å². The van der Waals surface area contributed by atoms with Crippen LogP contribution in [0.1, 0.15) is 12.1 Å². The van der Waals surface area contributed by atoms with Gasteiger partial charge in [0.1, 0.15) is 11.5 Å². The molecule has 0 atom stereocenters. The van der Waals surface area contributed by atoms with E-state index in [1.807, 2.05) is 0 Å². The average molecular weight is 294 g/mol. The van der Waals surface area contributed by atoms with Crippen LogP contribution >= 0.6 is 0 Å². The maximum atomic E-state index is 13.0. The van der Waals surface area contributed by atoms with Crippen molar-refractivity contribution in [3.63, 3.8) is 0 Å². The molecular weight excluding hydrogens is 286 g/mol. The van der Waals surface area contributed by atoms with E-state index in [1.165, 1.54) is 24.3 Å². The van der Waals surface area contributed by atoms with E-state index in [2.05, 4.69) is 15.3 Å². The Morgan fingerprint density at radius 3 is 2.86 bits per heavy atom. The van der Waals surface area contributed by atoms with Crippen molar-refractivity contribution in [1.29, 1.82) is 0 Å². The van der Waals surface area contributed by atoms with Gasteiger partial charge in [-0.3, -0.25) is 15.2 Å². The smallest absolute Gasteiger partial charge is 0.282 e. The number of nitrogens with two attached hydrogens (primary N) is 1. The number of H-pyrrole nitrogens is 1. The summed E-state index contributed by atoms with van der Waals surface area (Å²) in [5.41, 5.74) is 5.19. The van der Waals surface area contributed by atoms with Crippen molar-refractivity contribution in [1.82, 2.24) is 20.0 Å². The van der Waals surface area contributed by atoms with Crippen LogP contribution in [0.15, 0.2) is 24.3 Å². The average Bonchev–Trinajstić information content (AvgIpc) is 3.00. The Hall–Kier alpha value is -3.04. The maximum absolute atomic E-state index is 13.0. The number of nitro benzene ring substituents is 1. The molecule has 0 saturated carbocycles. The summed E-state index contributed by atoms with van der Waals surface area (Å²) in [5.74, 6) is -0.0306. The second-order valence-corrected chi connectivity index (χ2v) is 4.21. The highest BCUT2D eigenvalue weighted by Crippen LogP contribution is 2.31. The van der Waals surface area contributed by atoms with Gasteiger partial charge in [-0.15, -0.1) is 0 Å². The fourth-order valence-electron chi connectivity index (χ4n) is 2.03. The number of halogens is 2. The monoisotopic (exact) mass is 294 g/mol. The molecule has 3 N–H and O–H groups in total. The molecule has 21 heavy (non-hydrogen) atoms. The van der Waals surface area contributed by atoms with Crippen LogP contribution < -0.4 is 5.73 Å². The van der Waals surface area contributed by atoms with Crippen molar-refractivity contribution in [2.75, 3.05) is 5.73 Å². The van der Waals surface area contributed by atoms with E-state index < -0.39 is 17.0 Å². The lowest BCUT2D eigenvalue weighted by Gasteiger charge is -2.01. The number of anilines is 1. The Morgan fingerprint density at radius 1 is 1.43 bits per heavy atom. The van der Waals surface area contributed by atoms with Crippen molar-refractivity contribution in [3.8, 4) is 5.69 Å². The number of benzene rings is 1. The zero-order chi connectivity index (χ0) is 15.1. The van der Waals surface area contributed by atoms with E-state index in [4.69, 9.17) is 5.73 Å². The number of nitrogens with zero attached hydrogens (tertiary/aromatic N) is 4. The van der Waals surface area contributed by atoms with Crippen molar-refractivity contribution >= 4 is 22.5 Å². The predicted molar refractivity (Wildman–Crippen MR) is 69.2 cm³/mol. The van der Waals surface area contributed by atoms with Gasteiger partial charge in [0.05, 0.1) is 16.0 Å². The van der Waals surface area contributed by atoms with Crippen LogP contribution in [0.2, 0.25) is 0 Å². The molecule has 0 aliphatic heterocycles. The molecular formula is C11H8F2N6O2. The number of nitrogen functional groups attached to an aromatic ring is 1. The molecule has 2 aromatic heterocycles. The third-order valence-corrected chi connectivity index (χ3v) is 2.93. The Bertz CT molecular complexity index is 840. The van der Waals surface area contributed by atoms with E-state index in [0.717, 1.165) is 4.68 Å².